The molecular formula is C12H12N2O3. The fourth-order valence-electron chi connectivity index (χ4n) is 1.66. The Morgan fingerprint density at radius 3 is 3.00 bits per heavy atom. The van der Waals surface area contributed by atoms with E-state index in [1.54, 1.807) is 18.2 Å². The maximum Gasteiger partial charge on any atom is 0.258 e. The maximum atomic E-state index is 11.8. The lowest BCUT2D eigenvalue weighted by Crippen LogP contribution is -2.12. The molecule has 0 saturated carbocycles. The third kappa shape index (κ3) is 2.18. The highest BCUT2D eigenvalue weighted by Crippen LogP contribution is 2.20. The SMILES string of the molecule is COc1cccc2c(=O)[nH]c(CCC=O)nc12. The number of methoxy groups -OCH3 is 1. The first-order valence-corrected chi connectivity index (χ1v) is 5.26. The van der Waals surface area contributed by atoms with E-state index in [1.807, 2.05) is 0 Å². The number of aromatic nitrogens is 2. The van der Waals surface area contributed by atoms with Crippen LogP contribution in [0, 0.1) is 0 Å². The summed E-state index contributed by atoms with van der Waals surface area (Å²) in [6, 6.07) is 5.18. The van der Waals surface area contributed by atoms with Gasteiger partial charge in [0.2, 0.25) is 0 Å². The van der Waals surface area contributed by atoms with Crippen molar-refractivity contribution in [1.82, 2.24) is 9.97 Å². The van der Waals surface area contributed by atoms with E-state index in [9.17, 15) is 9.59 Å². The third-order valence-electron chi connectivity index (χ3n) is 2.47. The number of ether oxygens (including phenoxy) is 1. The number of para-hydroxylation sites is 1. The summed E-state index contributed by atoms with van der Waals surface area (Å²) in [5.41, 5.74) is 0.314. The van der Waals surface area contributed by atoms with E-state index >= 15 is 0 Å². The smallest absolute Gasteiger partial charge is 0.258 e. The molecule has 0 spiro atoms. The summed E-state index contributed by atoms with van der Waals surface area (Å²) in [6.45, 7) is 0. The lowest BCUT2D eigenvalue weighted by molar-refractivity contribution is -0.107. The van der Waals surface area contributed by atoms with Crippen LogP contribution >= 0.6 is 0 Å². The molecule has 0 aliphatic rings. The molecule has 5 nitrogen and oxygen atoms in total. The van der Waals surface area contributed by atoms with Crippen LogP contribution < -0.4 is 10.3 Å². The van der Waals surface area contributed by atoms with Crippen LogP contribution in [0.4, 0.5) is 0 Å². The Bertz CT molecular complexity index is 604. The van der Waals surface area contributed by atoms with Crippen LogP contribution in [-0.4, -0.2) is 23.4 Å². The van der Waals surface area contributed by atoms with Gasteiger partial charge in [-0.2, -0.15) is 0 Å². The van der Waals surface area contributed by atoms with Crippen LogP contribution in [0.1, 0.15) is 12.2 Å². The van der Waals surface area contributed by atoms with E-state index < -0.39 is 0 Å². The standard InChI is InChI=1S/C12H12N2O3/c1-17-9-5-2-4-8-11(9)13-10(6-3-7-15)14-12(8)16/h2,4-5,7H,3,6H2,1H3,(H,13,14,16). The minimum atomic E-state index is -0.213. The molecule has 0 fully saturated rings. The second-order valence-corrected chi connectivity index (χ2v) is 3.57. The van der Waals surface area contributed by atoms with Gasteiger partial charge in [0.25, 0.3) is 5.56 Å². The zero-order valence-electron chi connectivity index (χ0n) is 9.40. The summed E-state index contributed by atoms with van der Waals surface area (Å²) in [6.07, 6.45) is 1.56. The zero-order valence-corrected chi connectivity index (χ0v) is 9.40. The largest absolute Gasteiger partial charge is 0.494 e. The highest BCUT2D eigenvalue weighted by atomic mass is 16.5. The number of carbonyl (C=O) groups excluding carboxylic acids is 1. The average Bonchev–Trinajstić information content (AvgIpc) is 2.35. The molecule has 1 aromatic carbocycles. The molecule has 0 aliphatic heterocycles. The number of benzene rings is 1. The molecule has 1 heterocycles. The molecule has 0 radical (unpaired) electrons. The molecule has 17 heavy (non-hydrogen) atoms. The summed E-state index contributed by atoms with van der Waals surface area (Å²) in [5, 5.41) is 0.485. The molecule has 0 aliphatic carbocycles. The van der Waals surface area contributed by atoms with Crippen LogP contribution in [-0.2, 0) is 11.2 Å². The molecule has 1 aromatic heterocycles. The molecule has 2 aromatic rings. The number of fused-ring (bicyclic) bond motifs is 1. The number of aldehydes is 1. The third-order valence-corrected chi connectivity index (χ3v) is 2.47. The molecule has 0 unspecified atom stereocenters. The molecule has 1 N–H and O–H groups in total. The lowest BCUT2D eigenvalue weighted by Gasteiger charge is -2.05. The van der Waals surface area contributed by atoms with E-state index in [0.717, 1.165) is 6.29 Å². The van der Waals surface area contributed by atoms with Crippen molar-refractivity contribution in [3.05, 3.63) is 34.4 Å². The number of aryl methyl sites for hydroxylation is 1. The summed E-state index contributed by atoms with van der Waals surface area (Å²) in [4.78, 5) is 29.1. The van der Waals surface area contributed by atoms with Crippen molar-refractivity contribution in [2.75, 3.05) is 7.11 Å². The minimum absolute atomic E-state index is 0.213. The number of nitrogens with zero attached hydrogens (tertiary/aromatic N) is 1. The molecular weight excluding hydrogens is 220 g/mol. The normalized spacial score (nSPS) is 10.4. The van der Waals surface area contributed by atoms with Gasteiger partial charge < -0.3 is 14.5 Å². The van der Waals surface area contributed by atoms with Gasteiger partial charge in [-0.05, 0) is 12.1 Å². The van der Waals surface area contributed by atoms with Crippen molar-refractivity contribution in [2.45, 2.75) is 12.8 Å². The summed E-state index contributed by atoms with van der Waals surface area (Å²) >= 11 is 0. The predicted molar refractivity (Wildman–Crippen MR) is 63.3 cm³/mol. The number of carbonyl (C=O) groups is 1. The summed E-state index contributed by atoms with van der Waals surface area (Å²) < 4.78 is 5.16. The summed E-state index contributed by atoms with van der Waals surface area (Å²) in [7, 11) is 1.53. The van der Waals surface area contributed by atoms with Crippen LogP contribution in [0.3, 0.4) is 0 Å². The highest BCUT2D eigenvalue weighted by molar-refractivity contribution is 5.83. The van der Waals surface area contributed by atoms with Gasteiger partial charge in [-0.15, -0.1) is 0 Å². The quantitative estimate of drug-likeness (QED) is 0.800. The Morgan fingerprint density at radius 1 is 1.47 bits per heavy atom. The van der Waals surface area contributed by atoms with Crippen LogP contribution in [0.5, 0.6) is 5.75 Å². The highest BCUT2D eigenvalue weighted by Gasteiger charge is 2.07. The Morgan fingerprint density at radius 2 is 2.29 bits per heavy atom. The molecule has 0 bridgehead atoms. The van der Waals surface area contributed by atoms with Gasteiger partial charge in [0.15, 0.2) is 0 Å². The second kappa shape index (κ2) is 4.78. The Kier molecular flexibility index (Phi) is 3.18. The van der Waals surface area contributed by atoms with Crippen LogP contribution in [0.2, 0.25) is 0 Å². The van der Waals surface area contributed by atoms with Crippen molar-refractivity contribution >= 4 is 17.2 Å². The second-order valence-electron chi connectivity index (χ2n) is 3.57. The zero-order chi connectivity index (χ0) is 12.3. The number of hydrogen-bond donors (Lipinski definition) is 1. The monoisotopic (exact) mass is 232 g/mol. The molecule has 0 saturated heterocycles. The van der Waals surface area contributed by atoms with Crippen LogP contribution in [0.25, 0.3) is 10.9 Å². The van der Waals surface area contributed by atoms with E-state index in [0.29, 0.717) is 35.3 Å². The van der Waals surface area contributed by atoms with Crippen molar-refractivity contribution in [3.8, 4) is 5.75 Å². The van der Waals surface area contributed by atoms with Gasteiger partial charge in [-0.25, -0.2) is 4.98 Å². The maximum absolute atomic E-state index is 11.8. The first kappa shape index (κ1) is 11.3. The molecule has 2 rings (SSSR count). The predicted octanol–water partition coefficient (Wildman–Crippen LogP) is 1.06. The van der Waals surface area contributed by atoms with Crippen molar-refractivity contribution in [3.63, 3.8) is 0 Å². The first-order valence-electron chi connectivity index (χ1n) is 5.26. The van der Waals surface area contributed by atoms with Gasteiger partial charge in [0.1, 0.15) is 23.4 Å². The van der Waals surface area contributed by atoms with E-state index in [1.165, 1.54) is 7.11 Å². The van der Waals surface area contributed by atoms with E-state index in [-0.39, 0.29) is 5.56 Å². The molecule has 5 heteroatoms. The van der Waals surface area contributed by atoms with Crippen LogP contribution in [0.15, 0.2) is 23.0 Å². The molecule has 0 amide bonds. The number of H-pyrrole nitrogens is 1. The van der Waals surface area contributed by atoms with Gasteiger partial charge in [0.05, 0.1) is 12.5 Å². The van der Waals surface area contributed by atoms with Gasteiger partial charge >= 0.3 is 0 Å². The lowest BCUT2D eigenvalue weighted by atomic mass is 10.2. The Balaban J connectivity index is 2.61. The fourth-order valence-corrected chi connectivity index (χ4v) is 1.66. The number of aromatic amines is 1. The minimum Gasteiger partial charge on any atom is -0.494 e. The van der Waals surface area contributed by atoms with Crippen molar-refractivity contribution < 1.29 is 9.53 Å². The average molecular weight is 232 g/mol. The number of rotatable bonds is 4. The topological polar surface area (TPSA) is 72.1 Å². The molecule has 88 valence electrons. The van der Waals surface area contributed by atoms with Crippen molar-refractivity contribution in [1.29, 1.82) is 0 Å². The Labute approximate surface area is 97.4 Å². The van der Waals surface area contributed by atoms with Gasteiger partial charge in [0, 0.05) is 12.8 Å². The Hall–Kier alpha value is -2.17. The van der Waals surface area contributed by atoms with Crippen molar-refractivity contribution in [2.24, 2.45) is 0 Å². The van der Waals surface area contributed by atoms with Gasteiger partial charge in [-0.3, -0.25) is 4.79 Å². The van der Waals surface area contributed by atoms with E-state index in [4.69, 9.17) is 4.74 Å². The number of nitrogens with one attached hydrogen (secondary N) is 1. The van der Waals surface area contributed by atoms with E-state index in [2.05, 4.69) is 9.97 Å². The molecule has 0 atom stereocenters. The summed E-state index contributed by atoms with van der Waals surface area (Å²) in [5.74, 6) is 1.06. The number of hydrogen-bond acceptors (Lipinski definition) is 4. The fraction of sp³-hybridized carbons (Fsp3) is 0.250. The van der Waals surface area contributed by atoms with Gasteiger partial charge in [-0.1, -0.05) is 6.07 Å². The first-order chi connectivity index (χ1) is 8.26.